The average Bonchev–Trinajstić information content (AvgIpc) is 2.74. The molecule has 2 heterocycles. The number of aromatic nitrogens is 2. The van der Waals surface area contributed by atoms with Crippen LogP contribution >= 0.6 is 0 Å². The van der Waals surface area contributed by atoms with Crippen LogP contribution in [0.4, 0.5) is 11.5 Å². The summed E-state index contributed by atoms with van der Waals surface area (Å²) in [5, 5.41) is 1.06. The van der Waals surface area contributed by atoms with Crippen molar-refractivity contribution in [3.8, 4) is 0 Å². The molecule has 1 aliphatic rings. The van der Waals surface area contributed by atoms with E-state index in [2.05, 4.69) is 21.8 Å². The molecule has 4 nitrogen and oxygen atoms in total. The van der Waals surface area contributed by atoms with Crippen LogP contribution in [-0.4, -0.2) is 22.6 Å². The van der Waals surface area contributed by atoms with Crippen molar-refractivity contribution in [3.63, 3.8) is 0 Å². The highest BCUT2D eigenvalue weighted by atomic mass is 15.2. The van der Waals surface area contributed by atoms with Gasteiger partial charge in [-0.2, -0.15) is 0 Å². The molecular formula is C13H16N4. The molecule has 2 N–H and O–H groups in total. The van der Waals surface area contributed by atoms with Gasteiger partial charge in [-0.05, 0) is 38.0 Å². The summed E-state index contributed by atoms with van der Waals surface area (Å²) in [7, 11) is 0. The van der Waals surface area contributed by atoms with Crippen LogP contribution in [0, 0.1) is 0 Å². The van der Waals surface area contributed by atoms with E-state index in [1.54, 1.807) is 6.33 Å². The Kier molecular flexibility index (Phi) is 2.35. The van der Waals surface area contributed by atoms with Crippen molar-refractivity contribution in [2.75, 3.05) is 17.2 Å². The van der Waals surface area contributed by atoms with Crippen LogP contribution in [0.15, 0.2) is 24.5 Å². The second kappa shape index (κ2) is 3.87. The summed E-state index contributed by atoms with van der Waals surface area (Å²) in [6.07, 6.45) is 4.10. The summed E-state index contributed by atoms with van der Waals surface area (Å²) in [4.78, 5) is 11.1. The number of nitrogens with zero attached hydrogens (tertiary/aromatic N) is 3. The normalized spacial score (nSPS) is 20.1. The summed E-state index contributed by atoms with van der Waals surface area (Å²) in [6.45, 7) is 3.31. The first-order valence-corrected chi connectivity index (χ1v) is 6.02. The Morgan fingerprint density at radius 1 is 1.35 bits per heavy atom. The topological polar surface area (TPSA) is 55.0 Å². The first kappa shape index (κ1) is 10.3. The van der Waals surface area contributed by atoms with Crippen LogP contribution in [0.1, 0.15) is 19.8 Å². The number of rotatable bonds is 1. The fourth-order valence-corrected chi connectivity index (χ4v) is 2.54. The number of nitrogens with two attached hydrogens (primary N) is 1. The Labute approximate surface area is 100 Å². The lowest BCUT2D eigenvalue weighted by atomic mass is 10.2. The Morgan fingerprint density at radius 2 is 2.24 bits per heavy atom. The third-order valence-electron chi connectivity index (χ3n) is 3.46. The van der Waals surface area contributed by atoms with Gasteiger partial charge in [0.2, 0.25) is 0 Å². The molecular weight excluding hydrogens is 212 g/mol. The quantitative estimate of drug-likeness (QED) is 0.760. The van der Waals surface area contributed by atoms with Crippen LogP contribution in [0.3, 0.4) is 0 Å². The third kappa shape index (κ3) is 1.69. The lowest BCUT2D eigenvalue weighted by Gasteiger charge is -2.23. The van der Waals surface area contributed by atoms with Crippen LogP contribution in [0.5, 0.6) is 0 Å². The molecule has 4 heteroatoms. The molecule has 1 aromatic heterocycles. The maximum Gasteiger partial charge on any atom is 0.140 e. The van der Waals surface area contributed by atoms with Gasteiger partial charge in [-0.1, -0.05) is 0 Å². The highest BCUT2D eigenvalue weighted by molar-refractivity contribution is 5.91. The van der Waals surface area contributed by atoms with Gasteiger partial charge in [0.25, 0.3) is 0 Å². The SMILES string of the molecule is CC1CCCN1c1ncnc2ccc(N)cc12. The minimum absolute atomic E-state index is 0.550. The maximum absolute atomic E-state index is 5.85. The summed E-state index contributed by atoms with van der Waals surface area (Å²) in [5.41, 5.74) is 7.58. The van der Waals surface area contributed by atoms with Gasteiger partial charge >= 0.3 is 0 Å². The number of hydrogen-bond donors (Lipinski definition) is 1. The molecule has 0 aliphatic carbocycles. The van der Waals surface area contributed by atoms with Gasteiger partial charge in [-0.15, -0.1) is 0 Å². The number of hydrogen-bond acceptors (Lipinski definition) is 4. The third-order valence-corrected chi connectivity index (χ3v) is 3.46. The zero-order valence-electron chi connectivity index (χ0n) is 9.93. The van der Waals surface area contributed by atoms with Gasteiger partial charge < -0.3 is 10.6 Å². The number of benzene rings is 1. The van der Waals surface area contributed by atoms with Crippen molar-refractivity contribution in [2.45, 2.75) is 25.8 Å². The lowest BCUT2D eigenvalue weighted by Crippen LogP contribution is -2.27. The van der Waals surface area contributed by atoms with Crippen LogP contribution < -0.4 is 10.6 Å². The van der Waals surface area contributed by atoms with Crippen molar-refractivity contribution in [3.05, 3.63) is 24.5 Å². The molecule has 1 fully saturated rings. The van der Waals surface area contributed by atoms with E-state index in [9.17, 15) is 0 Å². The fraction of sp³-hybridized carbons (Fsp3) is 0.385. The molecule has 0 amide bonds. The second-order valence-electron chi connectivity index (χ2n) is 4.66. The minimum Gasteiger partial charge on any atom is -0.399 e. The Hall–Kier alpha value is -1.84. The van der Waals surface area contributed by atoms with Gasteiger partial charge in [-0.25, -0.2) is 9.97 Å². The van der Waals surface area contributed by atoms with E-state index in [0.29, 0.717) is 6.04 Å². The molecule has 0 spiro atoms. The average molecular weight is 228 g/mol. The second-order valence-corrected chi connectivity index (χ2v) is 4.66. The molecule has 88 valence electrons. The van der Waals surface area contributed by atoms with E-state index in [4.69, 9.17) is 5.73 Å². The highest BCUT2D eigenvalue weighted by Crippen LogP contribution is 2.30. The summed E-state index contributed by atoms with van der Waals surface area (Å²) in [6, 6.07) is 6.35. The molecule has 1 atom stereocenters. The van der Waals surface area contributed by atoms with E-state index in [0.717, 1.165) is 29.0 Å². The van der Waals surface area contributed by atoms with Gasteiger partial charge in [0.15, 0.2) is 0 Å². The summed E-state index contributed by atoms with van der Waals surface area (Å²) >= 11 is 0. The van der Waals surface area contributed by atoms with Crippen molar-refractivity contribution < 1.29 is 0 Å². The fourth-order valence-electron chi connectivity index (χ4n) is 2.54. The van der Waals surface area contributed by atoms with Crippen molar-refractivity contribution >= 4 is 22.4 Å². The monoisotopic (exact) mass is 228 g/mol. The standard InChI is InChI=1S/C13H16N4/c1-9-3-2-6-17(9)13-11-7-10(14)4-5-12(11)15-8-16-13/h4-5,7-9H,2-3,6,14H2,1H3. The molecule has 1 unspecified atom stereocenters. The molecule has 1 saturated heterocycles. The molecule has 0 saturated carbocycles. The van der Waals surface area contributed by atoms with E-state index in [1.165, 1.54) is 12.8 Å². The molecule has 17 heavy (non-hydrogen) atoms. The smallest absolute Gasteiger partial charge is 0.140 e. The van der Waals surface area contributed by atoms with E-state index in [1.807, 2.05) is 18.2 Å². The number of anilines is 2. The lowest BCUT2D eigenvalue weighted by molar-refractivity contribution is 0.729. The molecule has 1 aromatic carbocycles. The first-order chi connectivity index (χ1) is 8.25. The summed E-state index contributed by atoms with van der Waals surface area (Å²) in [5.74, 6) is 1.02. The van der Waals surface area contributed by atoms with E-state index < -0.39 is 0 Å². The van der Waals surface area contributed by atoms with Crippen LogP contribution in [0.2, 0.25) is 0 Å². The van der Waals surface area contributed by atoms with Crippen molar-refractivity contribution in [1.29, 1.82) is 0 Å². The summed E-state index contributed by atoms with van der Waals surface area (Å²) < 4.78 is 0. The predicted molar refractivity (Wildman–Crippen MR) is 70.0 cm³/mol. The Morgan fingerprint density at radius 3 is 3.00 bits per heavy atom. The Bertz CT molecular complexity index is 552. The molecule has 0 bridgehead atoms. The number of nitrogen functional groups attached to an aromatic ring is 1. The van der Waals surface area contributed by atoms with E-state index >= 15 is 0 Å². The van der Waals surface area contributed by atoms with E-state index in [-0.39, 0.29) is 0 Å². The van der Waals surface area contributed by atoms with Gasteiger partial charge in [0.1, 0.15) is 12.1 Å². The predicted octanol–water partition coefficient (Wildman–Crippen LogP) is 2.20. The van der Waals surface area contributed by atoms with Gasteiger partial charge in [0.05, 0.1) is 5.52 Å². The van der Waals surface area contributed by atoms with Crippen molar-refractivity contribution in [1.82, 2.24) is 9.97 Å². The Balaban J connectivity index is 2.18. The maximum atomic E-state index is 5.85. The van der Waals surface area contributed by atoms with Crippen LogP contribution in [0.25, 0.3) is 10.9 Å². The molecule has 1 aliphatic heterocycles. The minimum atomic E-state index is 0.550. The van der Waals surface area contributed by atoms with Gasteiger partial charge in [0, 0.05) is 23.7 Å². The molecule has 2 aromatic rings. The number of fused-ring (bicyclic) bond motifs is 1. The van der Waals surface area contributed by atoms with Crippen molar-refractivity contribution in [2.24, 2.45) is 0 Å². The largest absolute Gasteiger partial charge is 0.399 e. The zero-order chi connectivity index (χ0) is 11.8. The molecule has 3 rings (SSSR count). The zero-order valence-corrected chi connectivity index (χ0v) is 9.93. The molecule has 0 radical (unpaired) electrons. The van der Waals surface area contributed by atoms with Crippen LogP contribution in [-0.2, 0) is 0 Å². The highest BCUT2D eigenvalue weighted by Gasteiger charge is 2.23. The first-order valence-electron chi connectivity index (χ1n) is 6.02. The van der Waals surface area contributed by atoms with Gasteiger partial charge in [-0.3, -0.25) is 0 Å².